The molecular formula is C22H29N3O8. The lowest BCUT2D eigenvalue weighted by Gasteiger charge is -2.46. The van der Waals surface area contributed by atoms with Crippen molar-refractivity contribution in [3.05, 3.63) is 24.3 Å². The summed E-state index contributed by atoms with van der Waals surface area (Å²) in [6, 6.07) is 2.60. The van der Waals surface area contributed by atoms with E-state index in [1.54, 1.807) is 0 Å². The molecule has 1 unspecified atom stereocenters. The third kappa shape index (κ3) is 5.03. The van der Waals surface area contributed by atoms with Crippen molar-refractivity contribution in [2.45, 2.75) is 50.5 Å². The minimum Gasteiger partial charge on any atom is -0.494 e. The van der Waals surface area contributed by atoms with Crippen molar-refractivity contribution in [3.8, 4) is 11.8 Å². The summed E-state index contributed by atoms with van der Waals surface area (Å²) in [7, 11) is 0. The molecule has 1 aliphatic heterocycles. The highest BCUT2D eigenvalue weighted by Crippen LogP contribution is 2.49. The van der Waals surface area contributed by atoms with Crippen LogP contribution in [0.5, 0.6) is 11.8 Å². The van der Waals surface area contributed by atoms with Gasteiger partial charge in [0.15, 0.2) is 11.8 Å². The Balaban J connectivity index is 1.90. The van der Waals surface area contributed by atoms with E-state index in [9.17, 15) is 29.4 Å². The fraction of sp³-hybridized carbons (Fsp3) is 0.545. The zero-order chi connectivity index (χ0) is 24.2. The van der Waals surface area contributed by atoms with Crippen molar-refractivity contribution in [2.24, 2.45) is 17.6 Å². The Morgan fingerprint density at radius 1 is 1.09 bits per heavy atom. The third-order valence-corrected chi connectivity index (χ3v) is 6.67. The SMILES string of the molecule is NCCCCC(C(=O)OC(=O)O)C1(n2c(O)ccc2O)CCC(CN2C(=O)C=CC2=O)CC1. The van der Waals surface area contributed by atoms with E-state index in [4.69, 9.17) is 10.8 Å². The van der Waals surface area contributed by atoms with Crippen LogP contribution in [0.25, 0.3) is 0 Å². The second-order valence-electron chi connectivity index (χ2n) is 8.58. The van der Waals surface area contributed by atoms with Gasteiger partial charge in [-0.25, -0.2) is 4.79 Å². The first kappa shape index (κ1) is 24.3. The van der Waals surface area contributed by atoms with Crippen LogP contribution in [0.1, 0.15) is 44.9 Å². The fourth-order valence-electron chi connectivity index (χ4n) is 5.08. The first-order valence-electron chi connectivity index (χ1n) is 11.0. The lowest BCUT2D eigenvalue weighted by molar-refractivity contribution is -0.150. The highest BCUT2D eigenvalue weighted by molar-refractivity contribution is 6.12. The van der Waals surface area contributed by atoms with Gasteiger partial charge in [0.25, 0.3) is 11.8 Å². The minimum absolute atomic E-state index is 0.0500. The summed E-state index contributed by atoms with van der Waals surface area (Å²) >= 11 is 0. The van der Waals surface area contributed by atoms with Gasteiger partial charge in [-0.2, -0.15) is 0 Å². The number of carbonyl (C=O) groups excluding carboxylic acids is 3. The Morgan fingerprint density at radius 2 is 1.67 bits per heavy atom. The number of nitrogens with zero attached hydrogens (tertiary/aromatic N) is 2. The Hall–Kier alpha value is -3.34. The van der Waals surface area contributed by atoms with Crippen molar-refractivity contribution < 1.29 is 39.2 Å². The van der Waals surface area contributed by atoms with Crippen molar-refractivity contribution >= 4 is 23.9 Å². The Labute approximate surface area is 190 Å². The zero-order valence-corrected chi connectivity index (χ0v) is 18.2. The van der Waals surface area contributed by atoms with Crippen molar-refractivity contribution in [1.82, 2.24) is 9.47 Å². The standard InChI is InChI=1S/C22H29N3O8/c23-12-2-1-3-15(20(30)33-21(31)32)22(25-18(28)6-7-19(25)29)10-8-14(9-11-22)13-24-16(26)4-5-17(24)27/h4-7,14-15,28-29H,1-3,8-13,23H2,(H,31,32). The van der Waals surface area contributed by atoms with E-state index in [1.165, 1.54) is 33.8 Å². The number of aromatic hydroxyl groups is 2. The van der Waals surface area contributed by atoms with Crippen LogP contribution in [0.3, 0.4) is 0 Å². The van der Waals surface area contributed by atoms with E-state index in [-0.39, 0.29) is 42.5 Å². The molecule has 33 heavy (non-hydrogen) atoms. The number of rotatable bonds is 9. The molecule has 0 aromatic carbocycles. The number of amides is 2. The largest absolute Gasteiger partial charge is 0.513 e. The molecule has 0 radical (unpaired) electrons. The van der Waals surface area contributed by atoms with Gasteiger partial charge in [-0.1, -0.05) is 6.42 Å². The molecule has 180 valence electrons. The number of carboxylic acid groups (broad SMARTS) is 1. The summed E-state index contributed by atoms with van der Waals surface area (Å²) in [4.78, 5) is 49.0. The van der Waals surface area contributed by atoms with Crippen LogP contribution < -0.4 is 5.73 Å². The van der Waals surface area contributed by atoms with E-state index in [0.717, 1.165) is 0 Å². The summed E-state index contributed by atoms with van der Waals surface area (Å²) in [5.74, 6) is -3.24. The van der Waals surface area contributed by atoms with E-state index in [2.05, 4.69) is 4.74 Å². The number of ether oxygens (including phenoxy) is 1. The van der Waals surface area contributed by atoms with Gasteiger partial charge in [0, 0.05) is 30.8 Å². The smallest absolute Gasteiger partial charge is 0.494 e. The molecule has 2 amide bonds. The molecule has 5 N–H and O–H groups in total. The molecule has 11 nitrogen and oxygen atoms in total. The summed E-state index contributed by atoms with van der Waals surface area (Å²) in [6.45, 7) is 0.615. The Kier molecular flexibility index (Phi) is 7.42. The van der Waals surface area contributed by atoms with Crippen LogP contribution >= 0.6 is 0 Å². The van der Waals surface area contributed by atoms with Crippen LogP contribution in [0.15, 0.2) is 24.3 Å². The molecule has 0 saturated heterocycles. The highest BCUT2D eigenvalue weighted by Gasteiger charge is 2.50. The van der Waals surface area contributed by atoms with E-state index >= 15 is 0 Å². The molecule has 1 saturated carbocycles. The number of aromatic nitrogens is 1. The lowest BCUT2D eigenvalue weighted by atomic mass is 9.67. The summed E-state index contributed by atoms with van der Waals surface area (Å²) in [5.41, 5.74) is 4.44. The summed E-state index contributed by atoms with van der Waals surface area (Å²) < 4.78 is 5.80. The third-order valence-electron chi connectivity index (χ3n) is 6.67. The quantitative estimate of drug-likeness (QED) is 0.184. The zero-order valence-electron chi connectivity index (χ0n) is 18.2. The van der Waals surface area contributed by atoms with Crippen molar-refractivity contribution in [3.63, 3.8) is 0 Å². The van der Waals surface area contributed by atoms with Gasteiger partial charge in [-0.3, -0.25) is 23.9 Å². The van der Waals surface area contributed by atoms with Crippen LogP contribution in [-0.2, 0) is 24.7 Å². The molecule has 0 bridgehead atoms. The molecule has 2 aliphatic rings. The topological polar surface area (TPSA) is 172 Å². The molecule has 11 heteroatoms. The van der Waals surface area contributed by atoms with Gasteiger partial charge >= 0.3 is 12.1 Å². The van der Waals surface area contributed by atoms with Gasteiger partial charge in [-0.15, -0.1) is 0 Å². The molecule has 1 aromatic rings. The molecule has 3 rings (SSSR count). The van der Waals surface area contributed by atoms with Gasteiger partial charge in [0.05, 0.1) is 11.5 Å². The predicted molar refractivity (Wildman–Crippen MR) is 114 cm³/mol. The fourth-order valence-corrected chi connectivity index (χ4v) is 5.08. The molecule has 0 spiro atoms. The first-order chi connectivity index (χ1) is 15.7. The van der Waals surface area contributed by atoms with Crippen molar-refractivity contribution in [2.75, 3.05) is 13.1 Å². The molecule has 1 fully saturated rings. The maximum Gasteiger partial charge on any atom is 0.513 e. The van der Waals surface area contributed by atoms with Gasteiger partial charge in [0.1, 0.15) is 0 Å². The average molecular weight is 463 g/mol. The molecule has 1 aromatic heterocycles. The lowest BCUT2D eigenvalue weighted by Crippen LogP contribution is -2.49. The first-order valence-corrected chi connectivity index (χ1v) is 11.0. The number of esters is 1. The van der Waals surface area contributed by atoms with E-state index in [0.29, 0.717) is 45.1 Å². The second-order valence-corrected chi connectivity index (χ2v) is 8.58. The number of carbonyl (C=O) groups is 4. The maximum atomic E-state index is 12.9. The number of imide groups is 1. The summed E-state index contributed by atoms with van der Waals surface area (Å²) in [6.07, 6.45) is 3.62. The number of hydrogen-bond donors (Lipinski definition) is 4. The molecular weight excluding hydrogens is 434 g/mol. The average Bonchev–Trinajstić information content (AvgIpc) is 3.27. The van der Waals surface area contributed by atoms with Crippen LogP contribution in [0, 0.1) is 11.8 Å². The summed E-state index contributed by atoms with van der Waals surface area (Å²) in [5, 5.41) is 30.0. The van der Waals surface area contributed by atoms with Crippen LogP contribution in [0.2, 0.25) is 0 Å². The molecule has 1 atom stereocenters. The Bertz CT molecular complexity index is 908. The van der Waals surface area contributed by atoms with E-state index < -0.39 is 23.6 Å². The molecule has 2 heterocycles. The Morgan fingerprint density at radius 3 is 2.18 bits per heavy atom. The minimum atomic E-state index is -1.73. The van der Waals surface area contributed by atoms with Gasteiger partial charge in [0.2, 0.25) is 0 Å². The maximum absolute atomic E-state index is 12.9. The second kappa shape index (κ2) is 10.1. The predicted octanol–water partition coefficient (Wildman–Crippen LogP) is 1.68. The normalized spacial score (nSPS) is 23.7. The monoisotopic (exact) mass is 463 g/mol. The number of hydrogen-bond acceptors (Lipinski definition) is 8. The number of nitrogens with two attached hydrogens (primary N) is 1. The van der Waals surface area contributed by atoms with E-state index in [1.807, 2.05) is 0 Å². The highest BCUT2D eigenvalue weighted by atomic mass is 16.7. The van der Waals surface area contributed by atoms with Gasteiger partial charge < -0.3 is 25.8 Å². The van der Waals surface area contributed by atoms with Gasteiger partial charge in [-0.05, 0) is 51.0 Å². The van der Waals surface area contributed by atoms with Crippen molar-refractivity contribution in [1.29, 1.82) is 0 Å². The number of unbranched alkanes of at least 4 members (excludes halogenated alkanes) is 1. The molecule has 1 aliphatic carbocycles. The van der Waals surface area contributed by atoms with Crippen LogP contribution in [0.4, 0.5) is 4.79 Å². The van der Waals surface area contributed by atoms with Crippen LogP contribution in [-0.4, -0.2) is 61.8 Å².